The van der Waals surface area contributed by atoms with Crippen molar-refractivity contribution < 1.29 is 14.7 Å². The normalized spacial score (nSPS) is 35.3. The molecule has 1 unspecified atom stereocenters. The van der Waals surface area contributed by atoms with Crippen LogP contribution in [-0.2, 0) is 9.59 Å². The standard InChI is InChI=1S/C14H23N3O3/c1-15-3-2-10(6-13(15)19)14(20)17-5-4-16-9-12(18)7-11(16)8-17/h10-12,18H,2-9H2,1H3/t10?,11-,12+/m0/s1. The summed E-state index contributed by atoms with van der Waals surface area (Å²) in [5.74, 6) is 0.0635. The fraction of sp³-hybridized carbons (Fsp3) is 0.857. The number of rotatable bonds is 1. The van der Waals surface area contributed by atoms with Gasteiger partial charge in [-0.05, 0) is 12.8 Å². The number of piperazine rings is 1. The zero-order chi connectivity index (χ0) is 14.3. The van der Waals surface area contributed by atoms with Crippen LogP contribution in [0.15, 0.2) is 0 Å². The first-order valence-electron chi connectivity index (χ1n) is 7.49. The highest BCUT2D eigenvalue weighted by molar-refractivity contribution is 5.87. The quantitative estimate of drug-likeness (QED) is 0.679. The molecule has 3 aliphatic rings. The Bertz CT molecular complexity index is 414. The first kappa shape index (κ1) is 13.8. The van der Waals surface area contributed by atoms with E-state index in [1.807, 2.05) is 4.90 Å². The smallest absolute Gasteiger partial charge is 0.226 e. The van der Waals surface area contributed by atoms with Gasteiger partial charge in [-0.15, -0.1) is 0 Å². The fourth-order valence-electron chi connectivity index (χ4n) is 3.63. The van der Waals surface area contributed by atoms with Crippen LogP contribution in [0.4, 0.5) is 0 Å². The Morgan fingerprint density at radius 2 is 2.05 bits per heavy atom. The Labute approximate surface area is 119 Å². The molecular weight excluding hydrogens is 258 g/mol. The Morgan fingerprint density at radius 1 is 1.25 bits per heavy atom. The molecule has 3 atom stereocenters. The van der Waals surface area contributed by atoms with Gasteiger partial charge in [0.05, 0.1) is 6.10 Å². The van der Waals surface area contributed by atoms with E-state index < -0.39 is 0 Å². The molecule has 3 heterocycles. The van der Waals surface area contributed by atoms with Crippen molar-refractivity contribution in [3.8, 4) is 0 Å². The lowest BCUT2D eigenvalue weighted by Crippen LogP contribution is -2.54. The lowest BCUT2D eigenvalue weighted by molar-refractivity contribution is -0.146. The molecule has 0 spiro atoms. The van der Waals surface area contributed by atoms with E-state index in [0.717, 1.165) is 32.5 Å². The van der Waals surface area contributed by atoms with Crippen molar-refractivity contribution in [3.63, 3.8) is 0 Å². The van der Waals surface area contributed by atoms with Crippen LogP contribution in [0.1, 0.15) is 19.3 Å². The molecular formula is C14H23N3O3. The molecule has 3 fully saturated rings. The molecule has 0 aromatic heterocycles. The van der Waals surface area contributed by atoms with Crippen molar-refractivity contribution in [1.82, 2.24) is 14.7 Å². The summed E-state index contributed by atoms with van der Waals surface area (Å²) >= 11 is 0. The lowest BCUT2D eigenvalue weighted by atomic mass is 9.94. The number of aliphatic hydroxyl groups excluding tert-OH is 1. The summed E-state index contributed by atoms with van der Waals surface area (Å²) in [4.78, 5) is 30.2. The molecule has 1 N–H and O–H groups in total. The minimum absolute atomic E-state index is 0.0736. The molecule has 2 amide bonds. The number of carbonyl (C=O) groups is 2. The third-order valence-corrected chi connectivity index (χ3v) is 4.91. The summed E-state index contributed by atoms with van der Waals surface area (Å²) in [5, 5.41) is 9.70. The van der Waals surface area contributed by atoms with Gasteiger partial charge >= 0.3 is 0 Å². The van der Waals surface area contributed by atoms with E-state index in [1.54, 1.807) is 11.9 Å². The number of hydrogen-bond donors (Lipinski definition) is 1. The second kappa shape index (κ2) is 5.33. The number of nitrogens with zero attached hydrogens (tertiary/aromatic N) is 3. The van der Waals surface area contributed by atoms with Crippen LogP contribution in [-0.4, -0.2) is 83.5 Å². The van der Waals surface area contributed by atoms with Gasteiger partial charge in [0.1, 0.15) is 0 Å². The van der Waals surface area contributed by atoms with Gasteiger partial charge in [-0.1, -0.05) is 0 Å². The lowest BCUT2D eigenvalue weighted by Gasteiger charge is -2.39. The van der Waals surface area contributed by atoms with Crippen molar-refractivity contribution in [2.24, 2.45) is 5.92 Å². The van der Waals surface area contributed by atoms with Crippen molar-refractivity contribution in [1.29, 1.82) is 0 Å². The predicted octanol–water partition coefficient (Wildman–Crippen LogP) is -0.868. The maximum atomic E-state index is 12.5. The molecule has 20 heavy (non-hydrogen) atoms. The van der Waals surface area contributed by atoms with Gasteiger partial charge in [-0.2, -0.15) is 0 Å². The number of aliphatic hydroxyl groups is 1. The van der Waals surface area contributed by atoms with Crippen LogP contribution >= 0.6 is 0 Å². The number of likely N-dealkylation sites (tertiary alicyclic amines) is 1. The van der Waals surface area contributed by atoms with Crippen molar-refractivity contribution >= 4 is 11.8 Å². The van der Waals surface area contributed by atoms with E-state index in [9.17, 15) is 14.7 Å². The van der Waals surface area contributed by atoms with Gasteiger partial charge in [0.2, 0.25) is 11.8 Å². The molecule has 0 aromatic rings. The van der Waals surface area contributed by atoms with Crippen molar-refractivity contribution in [3.05, 3.63) is 0 Å². The number of carbonyl (C=O) groups excluding carboxylic acids is 2. The van der Waals surface area contributed by atoms with Gasteiger partial charge in [0.15, 0.2) is 0 Å². The highest BCUT2D eigenvalue weighted by Gasteiger charge is 2.39. The number of amides is 2. The molecule has 3 saturated heterocycles. The molecule has 6 heteroatoms. The Hall–Kier alpha value is -1.14. The largest absolute Gasteiger partial charge is 0.392 e. The van der Waals surface area contributed by atoms with Crippen LogP contribution in [0.2, 0.25) is 0 Å². The minimum atomic E-state index is -0.250. The first-order valence-corrected chi connectivity index (χ1v) is 7.49. The molecule has 3 aliphatic heterocycles. The predicted molar refractivity (Wildman–Crippen MR) is 72.9 cm³/mol. The molecule has 6 nitrogen and oxygen atoms in total. The molecule has 0 bridgehead atoms. The summed E-state index contributed by atoms with van der Waals surface area (Å²) in [6, 6.07) is 0.296. The summed E-state index contributed by atoms with van der Waals surface area (Å²) in [6.45, 7) is 3.68. The van der Waals surface area contributed by atoms with Gasteiger partial charge in [0.25, 0.3) is 0 Å². The van der Waals surface area contributed by atoms with E-state index in [0.29, 0.717) is 25.6 Å². The van der Waals surface area contributed by atoms with Crippen LogP contribution in [0.5, 0.6) is 0 Å². The summed E-state index contributed by atoms with van der Waals surface area (Å²) < 4.78 is 0. The van der Waals surface area contributed by atoms with E-state index >= 15 is 0 Å². The molecule has 0 radical (unpaired) electrons. The van der Waals surface area contributed by atoms with Gasteiger partial charge < -0.3 is 14.9 Å². The SMILES string of the molecule is CN1CCC(C(=O)N2CCN3C[C@H](O)C[C@H]3C2)CC1=O. The zero-order valence-corrected chi connectivity index (χ0v) is 12.0. The molecule has 0 aliphatic carbocycles. The topological polar surface area (TPSA) is 64.1 Å². The molecule has 112 valence electrons. The van der Waals surface area contributed by atoms with Crippen molar-refractivity contribution in [2.45, 2.75) is 31.4 Å². The molecule has 0 aromatic carbocycles. The average Bonchev–Trinajstić information content (AvgIpc) is 2.80. The van der Waals surface area contributed by atoms with Crippen LogP contribution in [0.25, 0.3) is 0 Å². The summed E-state index contributed by atoms with van der Waals surface area (Å²) in [6.07, 6.45) is 1.63. The fourth-order valence-corrected chi connectivity index (χ4v) is 3.63. The second-order valence-corrected chi connectivity index (χ2v) is 6.33. The summed E-state index contributed by atoms with van der Waals surface area (Å²) in [7, 11) is 1.79. The number of piperidine rings is 1. The zero-order valence-electron chi connectivity index (χ0n) is 12.0. The van der Waals surface area contributed by atoms with E-state index in [1.165, 1.54) is 0 Å². The highest BCUT2D eigenvalue weighted by Crippen LogP contribution is 2.25. The Morgan fingerprint density at radius 3 is 2.80 bits per heavy atom. The van der Waals surface area contributed by atoms with E-state index in [-0.39, 0.29) is 23.8 Å². The van der Waals surface area contributed by atoms with E-state index in [4.69, 9.17) is 0 Å². The van der Waals surface area contributed by atoms with Gasteiger partial charge in [-0.3, -0.25) is 14.5 Å². The maximum Gasteiger partial charge on any atom is 0.226 e. The highest BCUT2D eigenvalue weighted by atomic mass is 16.3. The van der Waals surface area contributed by atoms with Crippen LogP contribution in [0, 0.1) is 5.92 Å². The minimum Gasteiger partial charge on any atom is -0.392 e. The monoisotopic (exact) mass is 281 g/mol. The average molecular weight is 281 g/mol. The maximum absolute atomic E-state index is 12.5. The number of fused-ring (bicyclic) bond motifs is 1. The Balaban J connectivity index is 1.59. The Kier molecular flexibility index (Phi) is 3.69. The summed E-state index contributed by atoms with van der Waals surface area (Å²) in [5.41, 5.74) is 0. The second-order valence-electron chi connectivity index (χ2n) is 6.33. The molecule has 0 saturated carbocycles. The van der Waals surface area contributed by atoms with Crippen molar-refractivity contribution in [2.75, 3.05) is 39.8 Å². The molecule has 3 rings (SSSR count). The third-order valence-electron chi connectivity index (χ3n) is 4.91. The number of hydrogen-bond acceptors (Lipinski definition) is 4. The van der Waals surface area contributed by atoms with E-state index in [2.05, 4.69) is 4.90 Å². The third kappa shape index (κ3) is 2.54. The van der Waals surface area contributed by atoms with Gasteiger partial charge in [0, 0.05) is 58.2 Å². The van der Waals surface area contributed by atoms with Crippen LogP contribution < -0.4 is 0 Å². The van der Waals surface area contributed by atoms with Crippen LogP contribution in [0.3, 0.4) is 0 Å². The van der Waals surface area contributed by atoms with Gasteiger partial charge in [-0.25, -0.2) is 0 Å². The first-order chi connectivity index (χ1) is 9.54.